The van der Waals surface area contributed by atoms with Crippen LogP contribution in [0.3, 0.4) is 0 Å². The molecule has 0 aliphatic carbocycles. The minimum Gasteiger partial charge on any atom is -0.508 e. The van der Waals surface area contributed by atoms with Crippen LogP contribution in [0, 0.1) is 6.92 Å². The first-order valence-corrected chi connectivity index (χ1v) is 10.4. The van der Waals surface area contributed by atoms with E-state index in [1.807, 2.05) is 37.3 Å². The fourth-order valence-corrected chi connectivity index (χ4v) is 3.38. The van der Waals surface area contributed by atoms with Crippen molar-refractivity contribution in [2.75, 3.05) is 11.1 Å². The first-order chi connectivity index (χ1) is 15.9. The number of pyridine rings is 1. The molecule has 0 fully saturated rings. The van der Waals surface area contributed by atoms with Crippen LogP contribution in [0.4, 0.5) is 11.8 Å². The van der Waals surface area contributed by atoms with Crippen LogP contribution in [0.25, 0.3) is 0 Å². The van der Waals surface area contributed by atoms with Crippen LogP contribution in [0.1, 0.15) is 22.3 Å². The summed E-state index contributed by atoms with van der Waals surface area (Å²) in [6, 6.07) is 17.7. The quantitative estimate of drug-likeness (QED) is 0.398. The summed E-state index contributed by atoms with van der Waals surface area (Å²) in [4.78, 5) is 34.4. The van der Waals surface area contributed by atoms with Crippen molar-refractivity contribution in [1.82, 2.24) is 19.1 Å². The smallest absolute Gasteiger partial charge is 0.355 e. The summed E-state index contributed by atoms with van der Waals surface area (Å²) in [5, 5.41) is 12.6. The first kappa shape index (κ1) is 21.8. The van der Waals surface area contributed by atoms with Crippen LogP contribution >= 0.6 is 0 Å². The minimum atomic E-state index is -0.671. The second-order valence-corrected chi connectivity index (χ2v) is 7.73. The molecule has 0 saturated carbocycles. The molecule has 0 atom stereocenters. The standard InChI is InChI=1S/C24H24N6O3/c1-16-4-6-17(7-5-16)14-29-22(27-13-19-3-2-12-26-21(19)25)28-23(32)30(24(29)33)15-18-8-10-20(31)11-9-18/h2-12,31H,13-15H2,1H3,(H2,25,26)(H,27,28,32). The number of phenols is 1. The van der Waals surface area contributed by atoms with E-state index in [0.29, 0.717) is 11.4 Å². The lowest BCUT2D eigenvalue weighted by atomic mass is 10.1. The van der Waals surface area contributed by atoms with Crippen LogP contribution in [-0.2, 0) is 19.6 Å². The Labute approximate surface area is 189 Å². The highest BCUT2D eigenvalue weighted by atomic mass is 16.3. The minimum absolute atomic E-state index is 0.0364. The number of hydrogen-bond acceptors (Lipinski definition) is 7. The maximum Gasteiger partial charge on any atom is 0.355 e. The van der Waals surface area contributed by atoms with E-state index in [9.17, 15) is 14.7 Å². The van der Waals surface area contributed by atoms with Crippen LogP contribution in [0.5, 0.6) is 5.75 Å². The molecule has 0 amide bonds. The normalized spacial score (nSPS) is 10.8. The zero-order valence-electron chi connectivity index (χ0n) is 18.1. The maximum absolute atomic E-state index is 13.4. The zero-order valence-corrected chi connectivity index (χ0v) is 18.1. The summed E-state index contributed by atoms with van der Waals surface area (Å²) < 4.78 is 2.50. The van der Waals surface area contributed by atoms with Crippen molar-refractivity contribution < 1.29 is 5.11 Å². The fraction of sp³-hybridized carbons (Fsp3) is 0.167. The number of nitrogens with zero attached hydrogens (tertiary/aromatic N) is 4. The molecule has 0 spiro atoms. The number of nitrogens with two attached hydrogens (primary N) is 1. The third-order valence-electron chi connectivity index (χ3n) is 5.25. The van der Waals surface area contributed by atoms with Crippen LogP contribution in [0.15, 0.2) is 76.4 Å². The van der Waals surface area contributed by atoms with Gasteiger partial charge in [-0.25, -0.2) is 19.1 Å². The Morgan fingerprint density at radius 1 is 0.939 bits per heavy atom. The number of phenolic OH excluding ortho intramolecular Hbond substituents is 1. The van der Waals surface area contributed by atoms with E-state index >= 15 is 0 Å². The van der Waals surface area contributed by atoms with Gasteiger partial charge in [-0.3, -0.25) is 4.57 Å². The molecule has 4 N–H and O–H groups in total. The molecule has 0 aliphatic rings. The average Bonchev–Trinajstić information content (AvgIpc) is 2.81. The molecule has 0 radical (unpaired) electrons. The molecule has 168 valence electrons. The molecule has 2 aromatic heterocycles. The lowest BCUT2D eigenvalue weighted by Gasteiger charge is -2.16. The van der Waals surface area contributed by atoms with Crippen molar-refractivity contribution in [3.05, 3.63) is 110 Å². The van der Waals surface area contributed by atoms with Crippen LogP contribution in [0.2, 0.25) is 0 Å². The zero-order chi connectivity index (χ0) is 23.4. The monoisotopic (exact) mass is 444 g/mol. The summed E-state index contributed by atoms with van der Waals surface area (Å²) in [5.41, 5.74) is 8.16. The molecule has 0 saturated heterocycles. The van der Waals surface area contributed by atoms with Gasteiger partial charge in [-0.1, -0.05) is 48.0 Å². The summed E-state index contributed by atoms with van der Waals surface area (Å²) in [6.45, 7) is 2.50. The predicted octanol–water partition coefficient (Wildman–Crippen LogP) is 2.10. The van der Waals surface area contributed by atoms with Crippen molar-refractivity contribution in [2.24, 2.45) is 0 Å². The second kappa shape index (κ2) is 9.39. The van der Waals surface area contributed by atoms with Crippen molar-refractivity contribution in [3.8, 4) is 5.75 Å². The maximum atomic E-state index is 13.4. The van der Waals surface area contributed by atoms with Gasteiger partial charge in [-0.15, -0.1) is 0 Å². The number of aromatic hydroxyl groups is 1. The Hall–Kier alpha value is -4.40. The molecule has 0 aliphatic heterocycles. The van der Waals surface area contributed by atoms with Gasteiger partial charge in [0.05, 0.1) is 13.1 Å². The number of nitrogen functional groups attached to an aromatic ring is 1. The Bertz CT molecular complexity index is 1380. The van der Waals surface area contributed by atoms with Gasteiger partial charge in [0.15, 0.2) is 0 Å². The Balaban J connectivity index is 1.73. The highest BCUT2D eigenvalue weighted by molar-refractivity contribution is 5.41. The molecule has 4 rings (SSSR count). The topological polar surface area (TPSA) is 128 Å². The van der Waals surface area contributed by atoms with E-state index in [1.165, 1.54) is 16.7 Å². The van der Waals surface area contributed by atoms with E-state index in [-0.39, 0.29) is 31.3 Å². The number of aromatic nitrogens is 4. The van der Waals surface area contributed by atoms with Gasteiger partial charge >= 0.3 is 11.4 Å². The Morgan fingerprint density at radius 2 is 1.58 bits per heavy atom. The average molecular weight is 444 g/mol. The van der Waals surface area contributed by atoms with Crippen molar-refractivity contribution >= 4 is 11.8 Å². The first-order valence-electron chi connectivity index (χ1n) is 10.4. The Morgan fingerprint density at radius 3 is 2.24 bits per heavy atom. The number of aryl methyl sites for hydroxylation is 1. The summed E-state index contributed by atoms with van der Waals surface area (Å²) in [5.74, 6) is 0.615. The van der Waals surface area contributed by atoms with Gasteiger partial charge in [-0.05, 0) is 36.2 Å². The lowest BCUT2D eigenvalue weighted by molar-refractivity contribution is 0.475. The molecule has 2 heterocycles. The molecule has 9 heteroatoms. The number of nitrogens with one attached hydrogen (secondary N) is 1. The van der Waals surface area contributed by atoms with Crippen molar-refractivity contribution in [3.63, 3.8) is 0 Å². The number of hydrogen-bond donors (Lipinski definition) is 3. The molecule has 2 aromatic carbocycles. The fourth-order valence-electron chi connectivity index (χ4n) is 3.38. The van der Waals surface area contributed by atoms with Crippen LogP contribution < -0.4 is 22.4 Å². The van der Waals surface area contributed by atoms with E-state index in [4.69, 9.17) is 5.73 Å². The molecular weight excluding hydrogens is 420 g/mol. The Kier molecular flexibility index (Phi) is 6.21. The lowest BCUT2D eigenvalue weighted by Crippen LogP contribution is -2.43. The molecular formula is C24H24N6O3. The van der Waals surface area contributed by atoms with Gasteiger partial charge in [0.2, 0.25) is 5.95 Å². The van der Waals surface area contributed by atoms with Gasteiger partial charge in [0.1, 0.15) is 11.6 Å². The van der Waals surface area contributed by atoms with Crippen LogP contribution in [-0.4, -0.2) is 24.2 Å². The molecule has 4 aromatic rings. The van der Waals surface area contributed by atoms with Crippen molar-refractivity contribution in [2.45, 2.75) is 26.6 Å². The largest absolute Gasteiger partial charge is 0.508 e. The second-order valence-electron chi connectivity index (χ2n) is 7.73. The van der Waals surface area contributed by atoms with Gasteiger partial charge in [0, 0.05) is 18.3 Å². The summed E-state index contributed by atoms with van der Waals surface area (Å²) in [6.07, 6.45) is 1.59. The SMILES string of the molecule is Cc1ccc(Cn2c(NCc3cccnc3N)nc(=O)n(Cc3ccc(O)cc3)c2=O)cc1. The highest BCUT2D eigenvalue weighted by Gasteiger charge is 2.15. The molecule has 0 unspecified atom stereocenters. The predicted molar refractivity (Wildman–Crippen MR) is 126 cm³/mol. The van der Waals surface area contributed by atoms with E-state index in [1.54, 1.807) is 24.4 Å². The summed E-state index contributed by atoms with van der Waals surface area (Å²) in [7, 11) is 0. The molecule has 0 bridgehead atoms. The number of benzene rings is 2. The molecule has 33 heavy (non-hydrogen) atoms. The third-order valence-corrected chi connectivity index (χ3v) is 5.25. The van der Waals surface area contributed by atoms with Gasteiger partial charge in [-0.2, -0.15) is 4.98 Å². The highest BCUT2D eigenvalue weighted by Crippen LogP contribution is 2.13. The molecule has 9 nitrogen and oxygen atoms in total. The van der Waals surface area contributed by atoms with Gasteiger partial charge in [0.25, 0.3) is 0 Å². The number of anilines is 2. The van der Waals surface area contributed by atoms with Crippen molar-refractivity contribution in [1.29, 1.82) is 0 Å². The third kappa shape index (κ3) is 5.09. The van der Waals surface area contributed by atoms with E-state index in [0.717, 1.165) is 21.3 Å². The van der Waals surface area contributed by atoms with Gasteiger partial charge < -0.3 is 16.2 Å². The summed E-state index contributed by atoms with van der Waals surface area (Å²) >= 11 is 0. The van der Waals surface area contributed by atoms with E-state index in [2.05, 4.69) is 15.3 Å². The van der Waals surface area contributed by atoms with E-state index < -0.39 is 11.4 Å². The number of rotatable bonds is 7.